The van der Waals surface area contributed by atoms with E-state index >= 15 is 0 Å². The van der Waals surface area contributed by atoms with Crippen LogP contribution in [0.15, 0.2) is 6.33 Å². The second-order valence-electron chi connectivity index (χ2n) is 3.33. The maximum atomic E-state index is 4.60. The standard InChI is InChI=1S/C10H14N4S/c1-3-5-7-8(4-2)15-10(13-7)9-11-6-12-14-9/h6H,3-5H2,1-2H3,(H,11,12,14). The first-order valence-corrected chi connectivity index (χ1v) is 6.01. The SMILES string of the molecule is CCCc1nc(-c2ncn[nH]2)sc1CC. The van der Waals surface area contributed by atoms with Crippen LogP contribution in [0.25, 0.3) is 10.8 Å². The smallest absolute Gasteiger partial charge is 0.184 e. The Labute approximate surface area is 92.8 Å². The molecule has 0 fully saturated rings. The molecule has 2 aromatic rings. The average molecular weight is 222 g/mol. The van der Waals surface area contributed by atoms with Crippen molar-refractivity contribution in [2.45, 2.75) is 33.1 Å². The summed E-state index contributed by atoms with van der Waals surface area (Å²) < 4.78 is 0. The molecule has 80 valence electrons. The summed E-state index contributed by atoms with van der Waals surface area (Å²) in [5.74, 6) is 0.775. The Kier molecular flexibility index (Phi) is 3.11. The average Bonchev–Trinajstić information content (AvgIpc) is 2.84. The third-order valence-corrected chi connectivity index (χ3v) is 3.45. The Bertz CT molecular complexity index is 419. The lowest BCUT2D eigenvalue weighted by Gasteiger charge is -1.94. The maximum Gasteiger partial charge on any atom is 0.184 e. The van der Waals surface area contributed by atoms with Gasteiger partial charge in [-0.3, -0.25) is 5.10 Å². The van der Waals surface area contributed by atoms with Crippen LogP contribution in [-0.2, 0) is 12.8 Å². The van der Waals surface area contributed by atoms with E-state index in [4.69, 9.17) is 0 Å². The van der Waals surface area contributed by atoms with E-state index in [0.29, 0.717) is 0 Å². The van der Waals surface area contributed by atoms with Gasteiger partial charge in [-0.25, -0.2) is 9.97 Å². The zero-order valence-corrected chi connectivity index (χ0v) is 9.77. The first-order valence-electron chi connectivity index (χ1n) is 5.19. The van der Waals surface area contributed by atoms with E-state index in [0.717, 1.165) is 30.1 Å². The monoisotopic (exact) mass is 222 g/mol. The highest BCUT2D eigenvalue weighted by atomic mass is 32.1. The minimum absolute atomic E-state index is 0.775. The van der Waals surface area contributed by atoms with Crippen molar-refractivity contribution in [1.82, 2.24) is 20.2 Å². The van der Waals surface area contributed by atoms with Crippen LogP contribution in [-0.4, -0.2) is 20.2 Å². The highest BCUT2D eigenvalue weighted by Crippen LogP contribution is 2.26. The van der Waals surface area contributed by atoms with Gasteiger partial charge in [0.25, 0.3) is 0 Å². The van der Waals surface area contributed by atoms with Gasteiger partial charge in [0, 0.05) is 4.88 Å². The third kappa shape index (κ3) is 2.07. The Morgan fingerprint density at radius 1 is 1.40 bits per heavy atom. The van der Waals surface area contributed by atoms with Crippen molar-refractivity contribution in [2.75, 3.05) is 0 Å². The molecule has 0 spiro atoms. The van der Waals surface area contributed by atoms with Crippen molar-refractivity contribution >= 4 is 11.3 Å². The molecule has 2 rings (SSSR count). The fraction of sp³-hybridized carbons (Fsp3) is 0.500. The van der Waals surface area contributed by atoms with Crippen molar-refractivity contribution in [3.05, 3.63) is 16.9 Å². The van der Waals surface area contributed by atoms with Crippen molar-refractivity contribution < 1.29 is 0 Å². The van der Waals surface area contributed by atoms with Crippen LogP contribution in [0.3, 0.4) is 0 Å². The van der Waals surface area contributed by atoms with E-state index in [1.807, 2.05) is 0 Å². The summed E-state index contributed by atoms with van der Waals surface area (Å²) >= 11 is 1.71. The summed E-state index contributed by atoms with van der Waals surface area (Å²) in [6.07, 6.45) is 4.74. The van der Waals surface area contributed by atoms with Gasteiger partial charge < -0.3 is 0 Å². The van der Waals surface area contributed by atoms with Crippen LogP contribution in [0.1, 0.15) is 30.8 Å². The number of nitrogens with one attached hydrogen (secondary N) is 1. The van der Waals surface area contributed by atoms with Gasteiger partial charge in [-0.2, -0.15) is 5.10 Å². The van der Waals surface area contributed by atoms with Gasteiger partial charge in [-0.1, -0.05) is 20.3 Å². The molecular formula is C10H14N4S. The van der Waals surface area contributed by atoms with Crippen LogP contribution in [0.4, 0.5) is 0 Å². The van der Waals surface area contributed by atoms with Gasteiger partial charge in [-0.15, -0.1) is 11.3 Å². The molecular weight excluding hydrogens is 208 g/mol. The molecule has 2 heterocycles. The molecule has 5 heteroatoms. The Morgan fingerprint density at radius 2 is 2.27 bits per heavy atom. The molecule has 0 bridgehead atoms. The number of hydrogen-bond donors (Lipinski definition) is 1. The van der Waals surface area contributed by atoms with Crippen LogP contribution in [0.2, 0.25) is 0 Å². The fourth-order valence-corrected chi connectivity index (χ4v) is 2.50. The zero-order chi connectivity index (χ0) is 10.7. The van der Waals surface area contributed by atoms with Crippen LogP contribution in [0, 0.1) is 0 Å². The molecule has 0 saturated heterocycles. The number of thiazole rings is 1. The number of aromatic amines is 1. The number of nitrogens with zero attached hydrogens (tertiary/aromatic N) is 3. The molecule has 1 N–H and O–H groups in total. The summed E-state index contributed by atoms with van der Waals surface area (Å²) in [6.45, 7) is 4.34. The van der Waals surface area contributed by atoms with E-state index < -0.39 is 0 Å². The first kappa shape index (κ1) is 10.3. The van der Waals surface area contributed by atoms with Crippen molar-refractivity contribution in [2.24, 2.45) is 0 Å². The van der Waals surface area contributed by atoms with E-state index in [1.54, 1.807) is 11.3 Å². The van der Waals surface area contributed by atoms with E-state index in [-0.39, 0.29) is 0 Å². The normalized spacial score (nSPS) is 10.8. The third-order valence-electron chi connectivity index (χ3n) is 2.20. The summed E-state index contributed by atoms with van der Waals surface area (Å²) in [7, 11) is 0. The summed E-state index contributed by atoms with van der Waals surface area (Å²) in [5, 5.41) is 7.64. The predicted molar refractivity (Wildman–Crippen MR) is 60.9 cm³/mol. The van der Waals surface area contributed by atoms with E-state index in [2.05, 4.69) is 34.0 Å². The van der Waals surface area contributed by atoms with Crippen LogP contribution < -0.4 is 0 Å². The maximum absolute atomic E-state index is 4.60. The molecule has 15 heavy (non-hydrogen) atoms. The van der Waals surface area contributed by atoms with Crippen molar-refractivity contribution in [1.29, 1.82) is 0 Å². The van der Waals surface area contributed by atoms with Gasteiger partial charge >= 0.3 is 0 Å². The highest BCUT2D eigenvalue weighted by Gasteiger charge is 2.11. The van der Waals surface area contributed by atoms with Gasteiger partial charge in [0.05, 0.1) is 5.69 Å². The molecule has 0 aromatic carbocycles. The number of H-pyrrole nitrogens is 1. The van der Waals surface area contributed by atoms with Gasteiger partial charge in [0.1, 0.15) is 6.33 Å². The van der Waals surface area contributed by atoms with Crippen molar-refractivity contribution in [3.63, 3.8) is 0 Å². The lowest BCUT2D eigenvalue weighted by Crippen LogP contribution is -1.88. The number of aryl methyl sites for hydroxylation is 2. The lowest BCUT2D eigenvalue weighted by atomic mass is 10.2. The molecule has 0 saturated carbocycles. The van der Waals surface area contributed by atoms with Crippen LogP contribution in [0.5, 0.6) is 0 Å². The largest absolute Gasteiger partial charge is 0.257 e. The second kappa shape index (κ2) is 4.53. The molecule has 4 nitrogen and oxygen atoms in total. The topological polar surface area (TPSA) is 54.5 Å². The minimum Gasteiger partial charge on any atom is -0.257 e. The Morgan fingerprint density at radius 3 is 2.87 bits per heavy atom. The van der Waals surface area contributed by atoms with Gasteiger partial charge in [0.15, 0.2) is 10.8 Å². The fourth-order valence-electron chi connectivity index (χ4n) is 1.50. The summed E-state index contributed by atoms with van der Waals surface area (Å²) in [6, 6.07) is 0. The quantitative estimate of drug-likeness (QED) is 0.864. The molecule has 0 aliphatic carbocycles. The molecule has 0 radical (unpaired) electrons. The lowest BCUT2D eigenvalue weighted by molar-refractivity contribution is 0.875. The molecule has 2 aromatic heterocycles. The predicted octanol–water partition coefficient (Wildman–Crippen LogP) is 2.44. The van der Waals surface area contributed by atoms with Gasteiger partial charge in [0.2, 0.25) is 0 Å². The summed E-state index contributed by atoms with van der Waals surface area (Å²) in [5.41, 5.74) is 1.22. The van der Waals surface area contributed by atoms with Crippen LogP contribution >= 0.6 is 11.3 Å². The number of aromatic nitrogens is 4. The Hall–Kier alpha value is -1.23. The molecule has 0 unspecified atom stereocenters. The number of hydrogen-bond acceptors (Lipinski definition) is 4. The molecule has 0 aliphatic heterocycles. The molecule has 0 amide bonds. The highest BCUT2D eigenvalue weighted by molar-refractivity contribution is 7.15. The zero-order valence-electron chi connectivity index (χ0n) is 8.95. The van der Waals surface area contributed by atoms with E-state index in [9.17, 15) is 0 Å². The van der Waals surface area contributed by atoms with Crippen molar-refractivity contribution in [3.8, 4) is 10.8 Å². The minimum atomic E-state index is 0.775. The second-order valence-corrected chi connectivity index (χ2v) is 4.41. The number of rotatable bonds is 4. The molecule has 0 aliphatic rings. The van der Waals surface area contributed by atoms with E-state index in [1.165, 1.54) is 16.9 Å². The first-order chi connectivity index (χ1) is 7.35. The van der Waals surface area contributed by atoms with Gasteiger partial charge in [-0.05, 0) is 12.8 Å². The summed E-state index contributed by atoms with van der Waals surface area (Å²) in [4.78, 5) is 10.1. The Balaban J connectivity index is 2.34. The molecule has 0 atom stereocenters.